The predicted molar refractivity (Wildman–Crippen MR) is 64.0 cm³/mol. The van der Waals surface area contributed by atoms with Gasteiger partial charge in [-0.1, -0.05) is 18.2 Å². The van der Waals surface area contributed by atoms with Crippen LogP contribution in [0.3, 0.4) is 0 Å². The number of rotatable bonds is 4. The van der Waals surface area contributed by atoms with E-state index in [2.05, 4.69) is 44.3 Å². The molecule has 0 bridgehead atoms. The zero-order valence-electron chi connectivity index (χ0n) is 10.0. The molecule has 0 fully saturated rings. The molecule has 0 heterocycles. The number of benzene rings is 1. The van der Waals surface area contributed by atoms with Gasteiger partial charge < -0.3 is 10.4 Å². The fraction of sp³-hybridized carbons (Fsp3) is 0.538. The molecule has 84 valence electrons. The lowest BCUT2D eigenvalue weighted by atomic mass is 10.0. The lowest BCUT2D eigenvalue weighted by molar-refractivity contribution is 0.243. The third-order valence-corrected chi connectivity index (χ3v) is 2.84. The minimum atomic E-state index is 0.140. The highest BCUT2D eigenvalue weighted by Crippen LogP contribution is 2.17. The maximum atomic E-state index is 8.97. The van der Waals surface area contributed by atoms with Crippen LogP contribution in [0.2, 0.25) is 0 Å². The second kappa shape index (κ2) is 5.29. The molecule has 0 spiro atoms. The number of hydrogen-bond donors (Lipinski definition) is 2. The third kappa shape index (κ3) is 3.33. The lowest BCUT2D eigenvalue weighted by Gasteiger charge is -2.19. The van der Waals surface area contributed by atoms with Crippen molar-refractivity contribution in [3.05, 3.63) is 34.9 Å². The summed E-state index contributed by atoms with van der Waals surface area (Å²) in [5, 5.41) is 12.3. The third-order valence-electron chi connectivity index (χ3n) is 2.84. The molecule has 0 aliphatic carbocycles. The highest BCUT2D eigenvalue weighted by atomic mass is 16.3. The monoisotopic (exact) mass is 207 g/mol. The van der Waals surface area contributed by atoms with Gasteiger partial charge in [0.05, 0.1) is 6.61 Å². The molecule has 2 unspecified atom stereocenters. The van der Waals surface area contributed by atoms with E-state index >= 15 is 0 Å². The normalized spacial score (nSPS) is 15.0. The zero-order valence-corrected chi connectivity index (χ0v) is 10.0. The van der Waals surface area contributed by atoms with Gasteiger partial charge in [0.25, 0.3) is 0 Å². The Bertz CT molecular complexity index is 322. The van der Waals surface area contributed by atoms with Gasteiger partial charge in [0, 0.05) is 12.1 Å². The maximum Gasteiger partial charge on any atom is 0.0582 e. The van der Waals surface area contributed by atoms with Crippen molar-refractivity contribution in [2.75, 3.05) is 6.61 Å². The first-order valence-electron chi connectivity index (χ1n) is 5.48. The van der Waals surface area contributed by atoms with Gasteiger partial charge >= 0.3 is 0 Å². The number of aliphatic hydroxyl groups is 1. The summed E-state index contributed by atoms with van der Waals surface area (Å²) in [5.74, 6) is 0. The molecule has 2 nitrogen and oxygen atoms in total. The zero-order chi connectivity index (χ0) is 11.4. The summed E-state index contributed by atoms with van der Waals surface area (Å²) in [7, 11) is 0. The van der Waals surface area contributed by atoms with Gasteiger partial charge in [0.1, 0.15) is 0 Å². The molecular formula is C13H21NO. The van der Waals surface area contributed by atoms with Gasteiger partial charge in [-0.05, 0) is 44.4 Å². The molecule has 1 aromatic rings. The summed E-state index contributed by atoms with van der Waals surface area (Å²) in [6, 6.07) is 6.92. The van der Waals surface area contributed by atoms with Gasteiger partial charge in [0.15, 0.2) is 0 Å². The van der Waals surface area contributed by atoms with Crippen LogP contribution in [-0.4, -0.2) is 17.8 Å². The molecule has 2 N–H and O–H groups in total. The molecule has 1 rings (SSSR count). The Morgan fingerprint density at radius 3 is 2.40 bits per heavy atom. The second-order valence-electron chi connectivity index (χ2n) is 4.32. The largest absolute Gasteiger partial charge is 0.395 e. The minimum Gasteiger partial charge on any atom is -0.395 e. The molecule has 0 aromatic heterocycles. The Morgan fingerprint density at radius 2 is 1.87 bits per heavy atom. The Kier molecular flexibility index (Phi) is 4.30. The molecule has 1 aromatic carbocycles. The van der Waals surface area contributed by atoms with Crippen LogP contribution in [0.15, 0.2) is 18.2 Å². The van der Waals surface area contributed by atoms with E-state index in [0.29, 0.717) is 0 Å². The van der Waals surface area contributed by atoms with Crippen LogP contribution in [0.25, 0.3) is 0 Å². The van der Waals surface area contributed by atoms with Gasteiger partial charge in [0.2, 0.25) is 0 Å². The Labute approximate surface area is 92.3 Å². The summed E-state index contributed by atoms with van der Waals surface area (Å²) in [5.41, 5.74) is 3.91. The van der Waals surface area contributed by atoms with E-state index in [9.17, 15) is 0 Å². The molecule has 0 aliphatic rings. The van der Waals surface area contributed by atoms with E-state index in [-0.39, 0.29) is 18.7 Å². The number of hydrogen-bond acceptors (Lipinski definition) is 2. The minimum absolute atomic E-state index is 0.140. The van der Waals surface area contributed by atoms with E-state index in [0.717, 1.165) is 0 Å². The summed E-state index contributed by atoms with van der Waals surface area (Å²) in [6.45, 7) is 8.53. The summed E-state index contributed by atoms with van der Waals surface area (Å²) >= 11 is 0. The summed E-state index contributed by atoms with van der Waals surface area (Å²) in [4.78, 5) is 0. The van der Waals surface area contributed by atoms with Crippen molar-refractivity contribution in [2.24, 2.45) is 0 Å². The molecule has 2 heteroatoms. The number of nitrogens with one attached hydrogen (secondary N) is 1. The summed E-state index contributed by atoms with van der Waals surface area (Å²) in [6.07, 6.45) is 0. The van der Waals surface area contributed by atoms with Crippen LogP contribution in [0, 0.1) is 13.8 Å². The van der Waals surface area contributed by atoms with Crippen LogP contribution in [0.5, 0.6) is 0 Å². The van der Waals surface area contributed by atoms with E-state index in [4.69, 9.17) is 5.11 Å². The highest BCUT2D eigenvalue weighted by molar-refractivity contribution is 5.31. The van der Waals surface area contributed by atoms with Crippen molar-refractivity contribution < 1.29 is 5.11 Å². The van der Waals surface area contributed by atoms with E-state index in [1.807, 2.05) is 6.92 Å². The van der Waals surface area contributed by atoms with Gasteiger partial charge in [-0.2, -0.15) is 0 Å². The molecule has 15 heavy (non-hydrogen) atoms. The van der Waals surface area contributed by atoms with Crippen LogP contribution in [-0.2, 0) is 0 Å². The highest BCUT2D eigenvalue weighted by Gasteiger charge is 2.08. The van der Waals surface area contributed by atoms with Gasteiger partial charge in [-0.3, -0.25) is 0 Å². The molecule has 2 atom stereocenters. The van der Waals surface area contributed by atoms with E-state index < -0.39 is 0 Å². The van der Waals surface area contributed by atoms with Crippen LogP contribution < -0.4 is 5.32 Å². The van der Waals surface area contributed by atoms with Crippen molar-refractivity contribution in [2.45, 2.75) is 39.8 Å². The summed E-state index contributed by atoms with van der Waals surface area (Å²) < 4.78 is 0. The SMILES string of the molecule is Cc1ccc(C(C)NC(C)CO)cc1C. The van der Waals surface area contributed by atoms with Crippen LogP contribution >= 0.6 is 0 Å². The Balaban J connectivity index is 2.73. The number of aryl methyl sites for hydroxylation is 2. The molecule has 0 aliphatic heterocycles. The van der Waals surface area contributed by atoms with Crippen LogP contribution in [0.1, 0.15) is 36.6 Å². The predicted octanol–water partition coefficient (Wildman–Crippen LogP) is 2.33. The molecule has 0 radical (unpaired) electrons. The van der Waals surface area contributed by atoms with Crippen molar-refractivity contribution in [1.82, 2.24) is 5.32 Å². The average Bonchev–Trinajstić information content (AvgIpc) is 2.21. The number of aliphatic hydroxyl groups excluding tert-OH is 1. The standard InChI is InChI=1S/C13H21NO/c1-9-5-6-13(7-10(9)2)12(4)14-11(3)8-15/h5-7,11-12,14-15H,8H2,1-4H3. The molecule has 0 saturated heterocycles. The molecule has 0 saturated carbocycles. The van der Waals surface area contributed by atoms with Crippen molar-refractivity contribution in [3.63, 3.8) is 0 Å². The Morgan fingerprint density at radius 1 is 1.20 bits per heavy atom. The quantitative estimate of drug-likeness (QED) is 0.794. The van der Waals surface area contributed by atoms with E-state index in [1.165, 1.54) is 16.7 Å². The van der Waals surface area contributed by atoms with Gasteiger partial charge in [-0.25, -0.2) is 0 Å². The van der Waals surface area contributed by atoms with Crippen LogP contribution in [0.4, 0.5) is 0 Å². The average molecular weight is 207 g/mol. The first-order chi connectivity index (χ1) is 7.04. The second-order valence-corrected chi connectivity index (χ2v) is 4.32. The van der Waals surface area contributed by atoms with E-state index in [1.54, 1.807) is 0 Å². The van der Waals surface area contributed by atoms with Gasteiger partial charge in [-0.15, -0.1) is 0 Å². The lowest BCUT2D eigenvalue weighted by Crippen LogP contribution is -2.31. The fourth-order valence-electron chi connectivity index (χ4n) is 1.61. The maximum absolute atomic E-state index is 8.97. The van der Waals surface area contributed by atoms with Crippen molar-refractivity contribution >= 4 is 0 Å². The van der Waals surface area contributed by atoms with Crippen molar-refractivity contribution in [1.29, 1.82) is 0 Å². The first-order valence-corrected chi connectivity index (χ1v) is 5.48. The molecular weight excluding hydrogens is 186 g/mol. The smallest absolute Gasteiger partial charge is 0.0582 e. The Hall–Kier alpha value is -0.860. The first kappa shape index (κ1) is 12.2. The molecule has 0 amide bonds. The topological polar surface area (TPSA) is 32.3 Å². The van der Waals surface area contributed by atoms with Crippen molar-refractivity contribution in [3.8, 4) is 0 Å². The fourth-order valence-corrected chi connectivity index (χ4v) is 1.61.